The largest absolute Gasteiger partial charge is 0.462 e. The Morgan fingerprint density at radius 2 is 1.54 bits per heavy atom. The third-order valence-corrected chi connectivity index (χ3v) is 3.56. The van der Waals surface area contributed by atoms with Gasteiger partial charge >= 0.3 is 5.97 Å². The predicted molar refractivity (Wildman–Crippen MR) is 79.9 cm³/mol. The molecule has 2 aromatic carbocycles. The van der Waals surface area contributed by atoms with Crippen LogP contribution in [0.1, 0.15) is 38.0 Å². The Bertz CT molecular complexity index is 821. The van der Waals surface area contributed by atoms with Gasteiger partial charge in [0.25, 0.3) is 11.8 Å². The summed E-state index contributed by atoms with van der Waals surface area (Å²) >= 11 is 0. The summed E-state index contributed by atoms with van der Waals surface area (Å²) < 4.78 is 32.8. The van der Waals surface area contributed by atoms with E-state index >= 15 is 0 Å². The van der Waals surface area contributed by atoms with Crippen LogP contribution in [0.3, 0.4) is 0 Å². The van der Waals surface area contributed by atoms with Crippen LogP contribution < -0.4 is 4.90 Å². The summed E-state index contributed by atoms with van der Waals surface area (Å²) in [5, 5.41) is 0. The van der Waals surface area contributed by atoms with E-state index in [1.165, 1.54) is 19.1 Å². The van der Waals surface area contributed by atoms with Crippen molar-refractivity contribution in [2.45, 2.75) is 6.92 Å². The standard InChI is InChI=1S/C17H11F2NO4/c1-2-24-17(23)14-12(18)7-9(8-13(14)19)20-15(21)10-5-3-4-6-11(10)16(20)22/h3-8H,2H2,1H3. The third kappa shape index (κ3) is 2.34. The molecule has 0 fully saturated rings. The molecule has 122 valence electrons. The van der Waals surface area contributed by atoms with Gasteiger partial charge in [-0.15, -0.1) is 0 Å². The van der Waals surface area contributed by atoms with Gasteiger partial charge in [0.05, 0.1) is 23.4 Å². The topological polar surface area (TPSA) is 63.7 Å². The molecule has 0 spiro atoms. The van der Waals surface area contributed by atoms with Gasteiger partial charge in [0.2, 0.25) is 0 Å². The number of nitrogens with zero attached hydrogens (tertiary/aromatic N) is 1. The summed E-state index contributed by atoms with van der Waals surface area (Å²) in [6.07, 6.45) is 0. The van der Waals surface area contributed by atoms with E-state index in [0.717, 1.165) is 12.1 Å². The zero-order valence-electron chi connectivity index (χ0n) is 12.5. The van der Waals surface area contributed by atoms with Gasteiger partial charge in [0.1, 0.15) is 17.2 Å². The van der Waals surface area contributed by atoms with E-state index in [2.05, 4.69) is 4.74 Å². The number of esters is 1. The number of fused-ring (bicyclic) bond motifs is 1. The molecule has 0 aliphatic carbocycles. The maximum absolute atomic E-state index is 14.1. The lowest BCUT2D eigenvalue weighted by molar-refractivity contribution is 0.0515. The second-order valence-electron chi connectivity index (χ2n) is 5.00. The zero-order valence-corrected chi connectivity index (χ0v) is 12.5. The number of halogens is 2. The molecular formula is C17H11F2NO4. The molecule has 0 bridgehead atoms. The van der Waals surface area contributed by atoms with Crippen LogP contribution in [0.2, 0.25) is 0 Å². The predicted octanol–water partition coefficient (Wildman–Crippen LogP) is 2.94. The SMILES string of the molecule is CCOC(=O)c1c(F)cc(N2C(=O)c3ccccc3C2=O)cc1F. The van der Waals surface area contributed by atoms with E-state index in [9.17, 15) is 23.2 Å². The minimum atomic E-state index is -1.21. The fourth-order valence-electron chi connectivity index (χ4n) is 2.51. The van der Waals surface area contributed by atoms with Crippen molar-refractivity contribution < 1.29 is 27.9 Å². The highest BCUT2D eigenvalue weighted by molar-refractivity contribution is 6.34. The molecule has 3 rings (SSSR count). The Kier molecular flexibility index (Phi) is 3.84. The number of benzene rings is 2. The molecule has 0 unspecified atom stereocenters. The van der Waals surface area contributed by atoms with E-state index in [0.29, 0.717) is 4.90 Å². The number of rotatable bonds is 3. The van der Waals surface area contributed by atoms with E-state index < -0.39 is 35.0 Å². The van der Waals surface area contributed by atoms with Crippen LogP contribution in [-0.4, -0.2) is 24.4 Å². The van der Waals surface area contributed by atoms with E-state index in [4.69, 9.17) is 0 Å². The molecule has 24 heavy (non-hydrogen) atoms. The molecule has 1 heterocycles. The van der Waals surface area contributed by atoms with Gasteiger partial charge < -0.3 is 4.74 Å². The molecule has 0 N–H and O–H groups in total. The first-order valence-corrected chi connectivity index (χ1v) is 7.09. The Morgan fingerprint density at radius 3 is 2.00 bits per heavy atom. The van der Waals surface area contributed by atoms with Crippen molar-refractivity contribution in [2.24, 2.45) is 0 Å². The van der Waals surface area contributed by atoms with E-state index in [-0.39, 0.29) is 23.4 Å². The third-order valence-electron chi connectivity index (χ3n) is 3.56. The quantitative estimate of drug-likeness (QED) is 0.641. The lowest BCUT2D eigenvalue weighted by Crippen LogP contribution is -2.29. The van der Waals surface area contributed by atoms with Gasteiger partial charge in [-0.1, -0.05) is 12.1 Å². The van der Waals surface area contributed by atoms with Crippen molar-refractivity contribution >= 4 is 23.5 Å². The number of carbonyl (C=O) groups is 3. The fourth-order valence-corrected chi connectivity index (χ4v) is 2.51. The molecule has 0 atom stereocenters. The minimum absolute atomic E-state index is 0.0438. The van der Waals surface area contributed by atoms with E-state index in [1.807, 2.05) is 0 Å². The Labute approximate surface area is 135 Å². The summed E-state index contributed by atoms with van der Waals surface area (Å²) in [5.74, 6) is -4.93. The van der Waals surface area contributed by atoms with Gasteiger partial charge in [-0.25, -0.2) is 18.5 Å². The highest BCUT2D eigenvalue weighted by Crippen LogP contribution is 2.30. The van der Waals surface area contributed by atoms with Crippen LogP contribution >= 0.6 is 0 Å². The lowest BCUT2D eigenvalue weighted by Gasteiger charge is -2.15. The zero-order chi connectivity index (χ0) is 17.4. The normalized spacial score (nSPS) is 13.2. The van der Waals surface area contributed by atoms with Gasteiger partial charge in [-0.2, -0.15) is 0 Å². The van der Waals surface area contributed by atoms with Gasteiger partial charge in [-0.05, 0) is 31.2 Å². The summed E-state index contributed by atoms with van der Waals surface area (Å²) in [6, 6.07) is 7.59. The van der Waals surface area contributed by atoms with Crippen LogP contribution in [0.15, 0.2) is 36.4 Å². The molecule has 0 aromatic heterocycles. The number of hydrogen-bond donors (Lipinski definition) is 0. The Hall–Kier alpha value is -3.09. The molecule has 2 aromatic rings. The van der Waals surface area contributed by atoms with Crippen molar-refractivity contribution in [3.8, 4) is 0 Å². The minimum Gasteiger partial charge on any atom is -0.462 e. The summed E-state index contributed by atoms with van der Waals surface area (Å²) in [4.78, 5) is 36.9. The maximum atomic E-state index is 14.1. The summed E-state index contributed by atoms with van der Waals surface area (Å²) in [7, 11) is 0. The monoisotopic (exact) mass is 331 g/mol. The van der Waals surface area contributed by atoms with Crippen molar-refractivity contribution in [1.29, 1.82) is 0 Å². The molecular weight excluding hydrogens is 320 g/mol. The van der Waals surface area contributed by atoms with Gasteiger partial charge in [0, 0.05) is 0 Å². The highest BCUT2D eigenvalue weighted by atomic mass is 19.1. The van der Waals surface area contributed by atoms with Crippen molar-refractivity contribution in [3.05, 3.63) is 64.7 Å². The number of ether oxygens (including phenoxy) is 1. The Balaban J connectivity index is 2.05. The molecule has 5 nitrogen and oxygen atoms in total. The molecule has 1 aliphatic heterocycles. The number of anilines is 1. The second kappa shape index (κ2) is 5.84. The highest BCUT2D eigenvalue weighted by Gasteiger charge is 2.37. The van der Waals surface area contributed by atoms with Crippen LogP contribution in [0.25, 0.3) is 0 Å². The van der Waals surface area contributed by atoms with Crippen molar-refractivity contribution in [2.75, 3.05) is 11.5 Å². The van der Waals surface area contributed by atoms with Crippen molar-refractivity contribution in [1.82, 2.24) is 0 Å². The Morgan fingerprint density at radius 1 is 1.04 bits per heavy atom. The number of hydrogen-bond acceptors (Lipinski definition) is 4. The smallest absolute Gasteiger partial charge is 0.344 e. The molecule has 0 radical (unpaired) electrons. The molecule has 0 saturated heterocycles. The first-order chi connectivity index (χ1) is 11.5. The van der Waals surface area contributed by atoms with Crippen molar-refractivity contribution in [3.63, 3.8) is 0 Å². The van der Waals surface area contributed by atoms with Crippen LogP contribution in [0.4, 0.5) is 14.5 Å². The number of imide groups is 1. The van der Waals surface area contributed by atoms with Crippen LogP contribution in [0, 0.1) is 11.6 Å². The first-order valence-electron chi connectivity index (χ1n) is 7.09. The van der Waals surface area contributed by atoms with Gasteiger partial charge in [0.15, 0.2) is 0 Å². The fraction of sp³-hybridized carbons (Fsp3) is 0.118. The van der Waals surface area contributed by atoms with Crippen LogP contribution in [-0.2, 0) is 4.74 Å². The average molecular weight is 331 g/mol. The van der Waals surface area contributed by atoms with Gasteiger partial charge in [-0.3, -0.25) is 9.59 Å². The maximum Gasteiger partial charge on any atom is 0.344 e. The second-order valence-corrected chi connectivity index (χ2v) is 5.00. The number of carbonyl (C=O) groups excluding carboxylic acids is 3. The van der Waals surface area contributed by atoms with E-state index in [1.54, 1.807) is 12.1 Å². The molecule has 2 amide bonds. The molecule has 1 aliphatic rings. The molecule has 0 saturated carbocycles. The molecule has 7 heteroatoms. The summed E-state index contributed by atoms with van der Waals surface area (Å²) in [6.45, 7) is 1.46. The average Bonchev–Trinajstić information content (AvgIpc) is 2.79. The number of amides is 2. The first kappa shape index (κ1) is 15.8. The summed E-state index contributed by atoms with van der Waals surface area (Å²) in [5.41, 5.74) is -0.850. The lowest BCUT2D eigenvalue weighted by atomic mass is 10.1. The van der Waals surface area contributed by atoms with Crippen LogP contribution in [0.5, 0.6) is 0 Å².